The van der Waals surface area contributed by atoms with Gasteiger partial charge in [0.25, 0.3) is 0 Å². The number of pyridine rings is 1. The second kappa shape index (κ2) is 13.3. The highest BCUT2D eigenvalue weighted by molar-refractivity contribution is 5.68. The number of piperidine rings is 1. The molecule has 2 aliphatic rings. The van der Waals surface area contributed by atoms with Gasteiger partial charge in [-0.25, -0.2) is 9.78 Å². The van der Waals surface area contributed by atoms with Crippen molar-refractivity contribution in [3.63, 3.8) is 0 Å². The van der Waals surface area contributed by atoms with Gasteiger partial charge in [-0.15, -0.1) is 0 Å². The molecule has 0 bridgehead atoms. The van der Waals surface area contributed by atoms with Crippen LogP contribution in [0.5, 0.6) is 5.75 Å². The van der Waals surface area contributed by atoms with Crippen LogP contribution < -0.4 is 9.64 Å². The molecule has 35 heavy (non-hydrogen) atoms. The lowest BCUT2D eigenvalue weighted by Crippen LogP contribution is -2.51. The minimum absolute atomic E-state index is 0.196. The van der Waals surface area contributed by atoms with Crippen LogP contribution in [0, 0.1) is 12.8 Å². The Hall–Kier alpha value is -2.10. The Morgan fingerprint density at radius 1 is 1.03 bits per heavy atom. The van der Waals surface area contributed by atoms with E-state index in [9.17, 15) is 4.79 Å². The first-order valence-corrected chi connectivity index (χ1v) is 12.9. The Balaban J connectivity index is 1.39. The van der Waals surface area contributed by atoms with Gasteiger partial charge in [0.05, 0.1) is 19.8 Å². The molecule has 198 valence electrons. The van der Waals surface area contributed by atoms with Gasteiger partial charge in [0.15, 0.2) is 0 Å². The summed E-state index contributed by atoms with van der Waals surface area (Å²) in [6.45, 7) is 16.4. The number of aromatic nitrogens is 1. The van der Waals surface area contributed by atoms with Crippen molar-refractivity contribution in [2.24, 2.45) is 5.92 Å². The summed E-state index contributed by atoms with van der Waals surface area (Å²) in [4.78, 5) is 23.6. The fraction of sp³-hybridized carbons (Fsp3) is 0.769. The minimum Gasteiger partial charge on any atom is -0.491 e. The van der Waals surface area contributed by atoms with Crippen LogP contribution in [0.15, 0.2) is 12.3 Å². The third kappa shape index (κ3) is 9.13. The van der Waals surface area contributed by atoms with E-state index in [4.69, 9.17) is 18.9 Å². The molecule has 1 aromatic heterocycles. The molecule has 0 N–H and O–H groups in total. The van der Waals surface area contributed by atoms with Crippen molar-refractivity contribution in [2.75, 3.05) is 84.3 Å². The molecule has 0 unspecified atom stereocenters. The summed E-state index contributed by atoms with van der Waals surface area (Å²) >= 11 is 0. The number of carbonyl (C=O) groups excluding carboxylic acids is 1. The van der Waals surface area contributed by atoms with Crippen molar-refractivity contribution in [3.8, 4) is 5.75 Å². The zero-order chi connectivity index (χ0) is 25.3. The summed E-state index contributed by atoms with van der Waals surface area (Å²) in [5, 5.41) is 0. The maximum Gasteiger partial charge on any atom is 0.410 e. The smallest absolute Gasteiger partial charge is 0.410 e. The first-order chi connectivity index (χ1) is 16.7. The van der Waals surface area contributed by atoms with Crippen molar-refractivity contribution in [1.82, 2.24) is 14.8 Å². The Kier molecular flexibility index (Phi) is 10.4. The molecule has 3 rings (SSSR count). The number of methoxy groups -OCH3 is 1. The van der Waals surface area contributed by atoms with Gasteiger partial charge < -0.3 is 28.7 Å². The van der Waals surface area contributed by atoms with Crippen LogP contribution >= 0.6 is 0 Å². The number of carbonyl (C=O) groups is 1. The summed E-state index contributed by atoms with van der Waals surface area (Å²) in [7, 11) is 1.67. The quantitative estimate of drug-likeness (QED) is 0.461. The number of anilines is 1. The fourth-order valence-electron chi connectivity index (χ4n) is 4.43. The number of rotatable bonds is 10. The lowest BCUT2D eigenvalue weighted by molar-refractivity contribution is 0.0130. The summed E-state index contributed by atoms with van der Waals surface area (Å²) in [5.74, 6) is 2.52. The zero-order valence-electron chi connectivity index (χ0n) is 22.3. The molecule has 9 nitrogen and oxygen atoms in total. The van der Waals surface area contributed by atoms with E-state index in [2.05, 4.69) is 20.9 Å². The van der Waals surface area contributed by atoms with Gasteiger partial charge in [-0.1, -0.05) is 0 Å². The molecule has 0 spiro atoms. The van der Waals surface area contributed by atoms with Crippen molar-refractivity contribution in [2.45, 2.75) is 46.1 Å². The van der Waals surface area contributed by atoms with Crippen molar-refractivity contribution in [1.29, 1.82) is 0 Å². The molecule has 0 aliphatic carbocycles. The number of piperazine rings is 1. The van der Waals surface area contributed by atoms with E-state index in [1.807, 2.05) is 38.8 Å². The molecule has 0 aromatic carbocycles. The lowest BCUT2D eigenvalue weighted by Gasteiger charge is -2.39. The molecule has 1 aromatic rings. The first kappa shape index (κ1) is 27.5. The number of amides is 1. The standard InChI is InChI=1S/C26H44N4O5/c1-21-19-27-24(18-23(21)34-17-16-33-15-14-32-5)29-8-6-22(7-9-29)20-28-10-12-30(13-11-28)25(31)35-26(2,3)4/h18-19,22H,6-17,20H2,1-5H3. The molecule has 9 heteroatoms. The molecule has 0 atom stereocenters. The van der Waals surface area contributed by atoms with Crippen LogP contribution in [0.2, 0.25) is 0 Å². The van der Waals surface area contributed by atoms with Crippen LogP contribution in [-0.2, 0) is 14.2 Å². The van der Waals surface area contributed by atoms with E-state index >= 15 is 0 Å². The highest BCUT2D eigenvalue weighted by atomic mass is 16.6. The average molecular weight is 493 g/mol. The minimum atomic E-state index is -0.445. The second-order valence-electron chi connectivity index (χ2n) is 10.5. The summed E-state index contributed by atoms with van der Waals surface area (Å²) in [5.41, 5.74) is 0.589. The van der Waals surface area contributed by atoms with E-state index < -0.39 is 5.60 Å². The lowest BCUT2D eigenvalue weighted by atomic mass is 9.96. The summed E-state index contributed by atoms with van der Waals surface area (Å²) in [6, 6.07) is 2.06. The van der Waals surface area contributed by atoms with Gasteiger partial charge in [0, 0.05) is 70.7 Å². The number of aryl methyl sites for hydroxylation is 1. The SMILES string of the molecule is COCCOCCOc1cc(N2CCC(CN3CCN(C(=O)OC(C)(C)C)CC3)CC2)ncc1C. The van der Waals surface area contributed by atoms with Gasteiger partial charge in [0.1, 0.15) is 23.8 Å². The molecule has 2 aliphatic heterocycles. The predicted molar refractivity (Wildman–Crippen MR) is 136 cm³/mol. The number of hydrogen-bond donors (Lipinski definition) is 0. The normalized spacial score (nSPS) is 18.1. The molecular formula is C26H44N4O5. The van der Waals surface area contributed by atoms with E-state index in [-0.39, 0.29) is 6.09 Å². The van der Waals surface area contributed by atoms with Gasteiger partial charge in [-0.2, -0.15) is 0 Å². The number of hydrogen-bond acceptors (Lipinski definition) is 8. The third-order valence-corrected chi connectivity index (χ3v) is 6.44. The molecule has 2 saturated heterocycles. The Bertz CT molecular complexity index is 784. The second-order valence-corrected chi connectivity index (χ2v) is 10.5. The Morgan fingerprint density at radius 3 is 2.37 bits per heavy atom. The maximum atomic E-state index is 12.3. The van der Waals surface area contributed by atoms with Crippen LogP contribution in [0.25, 0.3) is 0 Å². The van der Waals surface area contributed by atoms with Crippen LogP contribution in [-0.4, -0.2) is 106 Å². The fourth-order valence-corrected chi connectivity index (χ4v) is 4.43. The Morgan fingerprint density at radius 2 is 1.71 bits per heavy atom. The number of nitrogens with zero attached hydrogens (tertiary/aromatic N) is 4. The van der Waals surface area contributed by atoms with Crippen LogP contribution in [0.1, 0.15) is 39.2 Å². The zero-order valence-corrected chi connectivity index (χ0v) is 22.3. The number of ether oxygens (including phenoxy) is 4. The van der Waals surface area contributed by atoms with Gasteiger partial charge in [-0.3, -0.25) is 4.90 Å². The average Bonchev–Trinajstić information content (AvgIpc) is 2.82. The summed E-state index contributed by atoms with van der Waals surface area (Å²) in [6.07, 6.45) is 3.99. The van der Waals surface area contributed by atoms with Gasteiger partial charge >= 0.3 is 6.09 Å². The van der Waals surface area contributed by atoms with E-state index in [1.54, 1.807) is 7.11 Å². The van der Waals surface area contributed by atoms with E-state index in [0.29, 0.717) is 32.3 Å². The van der Waals surface area contributed by atoms with Crippen molar-refractivity contribution >= 4 is 11.9 Å². The van der Waals surface area contributed by atoms with Crippen LogP contribution in [0.4, 0.5) is 10.6 Å². The van der Waals surface area contributed by atoms with Crippen molar-refractivity contribution in [3.05, 3.63) is 17.8 Å². The molecular weight excluding hydrogens is 448 g/mol. The maximum absolute atomic E-state index is 12.3. The molecule has 3 heterocycles. The Labute approximate surface area is 210 Å². The molecule has 1 amide bonds. The molecule has 0 radical (unpaired) electrons. The van der Waals surface area contributed by atoms with E-state index in [1.165, 1.54) is 0 Å². The largest absolute Gasteiger partial charge is 0.491 e. The third-order valence-electron chi connectivity index (χ3n) is 6.44. The van der Waals surface area contributed by atoms with Gasteiger partial charge in [0.2, 0.25) is 0 Å². The van der Waals surface area contributed by atoms with Crippen molar-refractivity contribution < 1.29 is 23.7 Å². The highest BCUT2D eigenvalue weighted by Crippen LogP contribution is 2.27. The predicted octanol–water partition coefficient (Wildman–Crippen LogP) is 3.20. The van der Waals surface area contributed by atoms with Crippen LogP contribution in [0.3, 0.4) is 0 Å². The molecule has 0 saturated carbocycles. The summed E-state index contributed by atoms with van der Waals surface area (Å²) < 4.78 is 21.9. The first-order valence-electron chi connectivity index (χ1n) is 12.9. The van der Waals surface area contributed by atoms with E-state index in [0.717, 1.165) is 75.8 Å². The van der Waals surface area contributed by atoms with Gasteiger partial charge in [-0.05, 0) is 46.5 Å². The monoisotopic (exact) mass is 492 g/mol. The highest BCUT2D eigenvalue weighted by Gasteiger charge is 2.28. The topological polar surface area (TPSA) is 76.6 Å². The molecule has 2 fully saturated rings.